The van der Waals surface area contributed by atoms with Crippen LogP contribution in [0, 0.1) is 0 Å². The molecular weight excluding hydrogens is 374 g/mol. The van der Waals surface area contributed by atoms with Gasteiger partial charge in [0.15, 0.2) is 23.0 Å². The van der Waals surface area contributed by atoms with Crippen LogP contribution in [0.3, 0.4) is 0 Å². The summed E-state index contributed by atoms with van der Waals surface area (Å²) in [6, 6.07) is 14.5. The van der Waals surface area contributed by atoms with Crippen LogP contribution in [0.5, 0.6) is 23.0 Å². The number of fused-ring (bicyclic) bond motifs is 2. The molecule has 2 aliphatic heterocycles. The molecule has 2 N–H and O–H groups in total. The minimum atomic E-state index is -0.251. The van der Waals surface area contributed by atoms with Gasteiger partial charge < -0.3 is 29.6 Å². The lowest BCUT2D eigenvalue weighted by Crippen LogP contribution is -2.12. The smallest absolute Gasteiger partial charge is 0.257 e. The minimum Gasteiger partial charge on any atom is -0.454 e. The highest BCUT2D eigenvalue weighted by Gasteiger charge is 2.15. The zero-order valence-corrected chi connectivity index (χ0v) is 15.3. The summed E-state index contributed by atoms with van der Waals surface area (Å²) >= 11 is 0. The maximum absolute atomic E-state index is 12.4. The Labute approximate surface area is 166 Å². The Bertz CT molecular complexity index is 1070. The predicted octanol–water partition coefficient (Wildman–Crippen LogP) is 3.40. The van der Waals surface area contributed by atoms with Crippen LogP contribution >= 0.6 is 0 Å². The number of amides is 1. The van der Waals surface area contributed by atoms with Gasteiger partial charge in [0.05, 0.1) is 5.56 Å². The van der Waals surface area contributed by atoms with Crippen molar-refractivity contribution in [3.63, 3.8) is 0 Å². The van der Waals surface area contributed by atoms with E-state index in [-0.39, 0.29) is 19.5 Å². The number of carbonyl (C=O) groups is 1. The van der Waals surface area contributed by atoms with Crippen molar-refractivity contribution in [3.05, 3.63) is 65.9 Å². The van der Waals surface area contributed by atoms with Gasteiger partial charge in [-0.2, -0.15) is 0 Å². The number of benzene rings is 2. The fourth-order valence-electron chi connectivity index (χ4n) is 3.05. The van der Waals surface area contributed by atoms with Crippen molar-refractivity contribution in [2.75, 3.05) is 24.2 Å². The monoisotopic (exact) mass is 391 g/mol. The molecular formula is C21H17N3O5. The van der Waals surface area contributed by atoms with Crippen LogP contribution in [0.15, 0.2) is 54.7 Å². The van der Waals surface area contributed by atoms with Crippen LogP contribution in [0.25, 0.3) is 0 Å². The van der Waals surface area contributed by atoms with E-state index < -0.39 is 0 Å². The van der Waals surface area contributed by atoms with E-state index >= 15 is 0 Å². The van der Waals surface area contributed by atoms with Gasteiger partial charge in [-0.05, 0) is 42.0 Å². The molecule has 0 saturated carbocycles. The van der Waals surface area contributed by atoms with E-state index in [0.717, 1.165) is 17.1 Å². The summed E-state index contributed by atoms with van der Waals surface area (Å²) in [4.78, 5) is 16.8. The Morgan fingerprint density at radius 2 is 1.59 bits per heavy atom. The van der Waals surface area contributed by atoms with E-state index in [9.17, 15) is 4.79 Å². The zero-order chi connectivity index (χ0) is 19.6. The molecule has 2 aromatic carbocycles. The average molecular weight is 391 g/mol. The van der Waals surface area contributed by atoms with Gasteiger partial charge in [0.1, 0.15) is 5.82 Å². The molecule has 0 unspecified atom stereocenters. The molecule has 8 heteroatoms. The number of nitrogens with zero attached hydrogens (tertiary/aromatic N) is 1. The zero-order valence-electron chi connectivity index (χ0n) is 15.3. The Hall–Kier alpha value is -3.94. The summed E-state index contributed by atoms with van der Waals surface area (Å²) in [5.41, 5.74) is 2.13. The van der Waals surface area contributed by atoms with Gasteiger partial charge in [-0.25, -0.2) is 4.98 Å². The highest BCUT2D eigenvalue weighted by Crippen LogP contribution is 2.34. The second kappa shape index (κ2) is 7.23. The van der Waals surface area contributed by atoms with Crippen LogP contribution in [0.2, 0.25) is 0 Å². The summed E-state index contributed by atoms with van der Waals surface area (Å²) < 4.78 is 21.3. The predicted molar refractivity (Wildman–Crippen MR) is 105 cm³/mol. The molecule has 0 aliphatic carbocycles. The van der Waals surface area contributed by atoms with Crippen LogP contribution in [-0.2, 0) is 6.54 Å². The fraction of sp³-hybridized carbons (Fsp3) is 0.143. The van der Waals surface area contributed by atoms with Gasteiger partial charge in [0.2, 0.25) is 13.6 Å². The summed E-state index contributed by atoms with van der Waals surface area (Å²) in [5, 5.41) is 6.06. The summed E-state index contributed by atoms with van der Waals surface area (Å²) in [6.45, 7) is 1.02. The van der Waals surface area contributed by atoms with E-state index in [1.54, 1.807) is 30.3 Å². The Balaban J connectivity index is 1.20. The number of ether oxygens (including phenoxy) is 4. The molecule has 0 fully saturated rings. The lowest BCUT2D eigenvalue weighted by atomic mass is 10.2. The summed E-state index contributed by atoms with van der Waals surface area (Å²) in [6.07, 6.45) is 1.53. The van der Waals surface area contributed by atoms with Gasteiger partial charge in [-0.15, -0.1) is 0 Å². The molecule has 29 heavy (non-hydrogen) atoms. The molecule has 0 saturated heterocycles. The van der Waals surface area contributed by atoms with Crippen molar-refractivity contribution in [3.8, 4) is 23.0 Å². The molecule has 146 valence electrons. The molecule has 8 nitrogen and oxygen atoms in total. The second-order valence-electron chi connectivity index (χ2n) is 6.50. The molecule has 3 aromatic rings. The number of hydrogen-bond acceptors (Lipinski definition) is 7. The largest absolute Gasteiger partial charge is 0.454 e. The first-order valence-electron chi connectivity index (χ1n) is 9.04. The number of anilines is 2. The number of carbonyl (C=O) groups excluding carboxylic acids is 1. The molecule has 2 aliphatic rings. The van der Waals surface area contributed by atoms with Crippen molar-refractivity contribution in [2.45, 2.75) is 6.54 Å². The lowest BCUT2D eigenvalue weighted by Gasteiger charge is -2.08. The Morgan fingerprint density at radius 1 is 0.862 bits per heavy atom. The van der Waals surface area contributed by atoms with E-state index in [4.69, 9.17) is 18.9 Å². The van der Waals surface area contributed by atoms with E-state index in [1.807, 2.05) is 18.2 Å². The van der Waals surface area contributed by atoms with Gasteiger partial charge in [-0.1, -0.05) is 6.07 Å². The molecule has 0 radical (unpaired) electrons. The van der Waals surface area contributed by atoms with Gasteiger partial charge >= 0.3 is 0 Å². The topological polar surface area (TPSA) is 90.9 Å². The third-order valence-electron chi connectivity index (χ3n) is 4.57. The van der Waals surface area contributed by atoms with Crippen LogP contribution in [0.4, 0.5) is 11.5 Å². The van der Waals surface area contributed by atoms with Gasteiger partial charge in [-0.3, -0.25) is 4.79 Å². The van der Waals surface area contributed by atoms with Crippen LogP contribution < -0.4 is 29.6 Å². The van der Waals surface area contributed by atoms with Crippen molar-refractivity contribution in [1.29, 1.82) is 0 Å². The maximum atomic E-state index is 12.4. The molecule has 5 rings (SSSR count). The van der Waals surface area contributed by atoms with Crippen molar-refractivity contribution >= 4 is 17.4 Å². The number of nitrogens with one attached hydrogen (secondary N) is 2. The average Bonchev–Trinajstić information content (AvgIpc) is 3.41. The Morgan fingerprint density at radius 3 is 2.34 bits per heavy atom. The van der Waals surface area contributed by atoms with E-state index in [2.05, 4.69) is 15.6 Å². The molecule has 0 bridgehead atoms. The van der Waals surface area contributed by atoms with E-state index in [0.29, 0.717) is 35.1 Å². The van der Waals surface area contributed by atoms with Crippen LogP contribution in [0.1, 0.15) is 15.9 Å². The van der Waals surface area contributed by atoms with Gasteiger partial charge in [0, 0.05) is 24.5 Å². The number of aromatic nitrogens is 1. The highest BCUT2D eigenvalue weighted by atomic mass is 16.7. The lowest BCUT2D eigenvalue weighted by molar-refractivity contribution is 0.102. The first kappa shape index (κ1) is 17.2. The normalized spacial score (nSPS) is 13.2. The molecule has 1 aromatic heterocycles. The van der Waals surface area contributed by atoms with Crippen molar-refractivity contribution in [1.82, 2.24) is 4.98 Å². The number of rotatable bonds is 5. The standard InChI is InChI=1S/C21H17N3O5/c25-21(24-15-3-5-17-19(8-15)29-12-27-17)14-2-6-20(23-10-14)22-9-13-1-4-16-18(7-13)28-11-26-16/h1-8,10H,9,11-12H2,(H,22,23)(H,24,25). The van der Waals surface area contributed by atoms with Crippen molar-refractivity contribution in [2.24, 2.45) is 0 Å². The van der Waals surface area contributed by atoms with Crippen molar-refractivity contribution < 1.29 is 23.7 Å². The summed E-state index contributed by atoms with van der Waals surface area (Å²) in [5.74, 6) is 3.20. The molecule has 1 amide bonds. The highest BCUT2D eigenvalue weighted by molar-refractivity contribution is 6.04. The summed E-state index contributed by atoms with van der Waals surface area (Å²) in [7, 11) is 0. The van der Waals surface area contributed by atoms with Crippen LogP contribution in [-0.4, -0.2) is 24.5 Å². The number of hydrogen-bond donors (Lipinski definition) is 2. The SMILES string of the molecule is O=C(Nc1ccc2c(c1)OCO2)c1ccc(NCc2ccc3c(c2)OCO3)nc1. The number of pyridine rings is 1. The molecule has 0 spiro atoms. The fourth-order valence-corrected chi connectivity index (χ4v) is 3.05. The van der Waals surface area contributed by atoms with E-state index in [1.165, 1.54) is 6.20 Å². The molecule has 3 heterocycles. The quantitative estimate of drug-likeness (QED) is 0.689. The maximum Gasteiger partial charge on any atom is 0.257 e. The third-order valence-corrected chi connectivity index (χ3v) is 4.57. The third kappa shape index (κ3) is 3.60. The minimum absolute atomic E-state index is 0.192. The first-order valence-corrected chi connectivity index (χ1v) is 9.04. The van der Waals surface area contributed by atoms with Gasteiger partial charge in [0.25, 0.3) is 5.91 Å². The second-order valence-corrected chi connectivity index (χ2v) is 6.50. The Kier molecular flexibility index (Phi) is 4.28. The molecule has 0 atom stereocenters. The first-order chi connectivity index (χ1) is 14.2.